The highest BCUT2D eigenvalue weighted by Gasteiger charge is 2.41. The SMILES string of the molecule is FC(F)(F)c1nn(S)c(C2CC2)c1Cl. The lowest BCUT2D eigenvalue weighted by Crippen LogP contribution is -2.06. The molecular weight excluding hydrogens is 237 g/mol. The predicted octanol–water partition coefficient (Wildman–Crippen LogP) is 3.13. The van der Waals surface area contributed by atoms with Crippen molar-refractivity contribution in [3.8, 4) is 0 Å². The first kappa shape index (κ1) is 10.2. The van der Waals surface area contributed by atoms with Crippen LogP contribution in [0.1, 0.15) is 30.1 Å². The van der Waals surface area contributed by atoms with E-state index in [0.29, 0.717) is 5.69 Å². The molecule has 1 heterocycles. The van der Waals surface area contributed by atoms with Crippen molar-refractivity contribution in [3.63, 3.8) is 0 Å². The summed E-state index contributed by atoms with van der Waals surface area (Å²) in [4.78, 5) is 0. The van der Waals surface area contributed by atoms with Crippen LogP contribution in [-0.4, -0.2) is 9.19 Å². The largest absolute Gasteiger partial charge is 0.436 e. The molecule has 0 bridgehead atoms. The molecule has 1 aromatic heterocycles. The molecule has 1 aliphatic rings. The summed E-state index contributed by atoms with van der Waals surface area (Å²) in [7, 11) is 0. The van der Waals surface area contributed by atoms with E-state index in [0.717, 1.165) is 16.9 Å². The van der Waals surface area contributed by atoms with E-state index >= 15 is 0 Å². The molecule has 0 radical (unpaired) electrons. The lowest BCUT2D eigenvalue weighted by Gasteiger charge is -2.01. The van der Waals surface area contributed by atoms with Crippen molar-refractivity contribution < 1.29 is 13.2 Å². The van der Waals surface area contributed by atoms with Crippen molar-refractivity contribution in [2.75, 3.05) is 0 Å². The van der Waals surface area contributed by atoms with E-state index in [2.05, 4.69) is 17.9 Å². The quantitative estimate of drug-likeness (QED) is 0.749. The van der Waals surface area contributed by atoms with Gasteiger partial charge < -0.3 is 0 Å². The molecule has 0 amide bonds. The van der Waals surface area contributed by atoms with E-state index < -0.39 is 11.9 Å². The second-order valence-electron chi connectivity index (χ2n) is 3.21. The van der Waals surface area contributed by atoms with Gasteiger partial charge in [-0.2, -0.15) is 18.3 Å². The third kappa shape index (κ3) is 1.61. The van der Waals surface area contributed by atoms with Crippen LogP contribution in [0.25, 0.3) is 0 Å². The number of aromatic nitrogens is 2. The predicted molar refractivity (Wildman–Crippen MR) is 48.6 cm³/mol. The Balaban J connectivity index is 2.48. The van der Waals surface area contributed by atoms with Gasteiger partial charge in [0.05, 0.1) is 10.7 Å². The Hall–Kier alpha value is -0.360. The molecule has 2 rings (SSSR count). The zero-order valence-corrected chi connectivity index (χ0v) is 8.50. The first-order valence-electron chi connectivity index (χ1n) is 3.96. The van der Waals surface area contributed by atoms with Crippen LogP contribution in [0, 0.1) is 0 Å². The van der Waals surface area contributed by atoms with Gasteiger partial charge in [-0.15, -0.1) is 0 Å². The van der Waals surface area contributed by atoms with Crippen molar-refractivity contribution in [1.82, 2.24) is 9.19 Å². The molecule has 1 aliphatic carbocycles. The lowest BCUT2D eigenvalue weighted by atomic mass is 10.2. The van der Waals surface area contributed by atoms with Gasteiger partial charge in [-0.05, 0) is 25.7 Å². The number of halogens is 4. The van der Waals surface area contributed by atoms with Crippen molar-refractivity contribution >= 4 is 24.4 Å². The Morgan fingerprint density at radius 2 is 2.00 bits per heavy atom. The van der Waals surface area contributed by atoms with Gasteiger partial charge in [-0.3, -0.25) is 0 Å². The average Bonchev–Trinajstić information content (AvgIpc) is 2.78. The average molecular weight is 243 g/mol. The molecule has 78 valence electrons. The summed E-state index contributed by atoms with van der Waals surface area (Å²) in [6, 6.07) is 0. The maximum absolute atomic E-state index is 12.3. The molecule has 0 aliphatic heterocycles. The minimum atomic E-state index is -4.51. The topological polar surface area (TPSA) is 17.8 Å². The second-order valence-corrected chi connectivity index (χ2v) is 3.97. The van der Waals surface area contributed by atoms with Crippen LogP contribution in [0.3, 0.4) is 0 Å². The van der Waals surface area contributed by atoms with Crippen LogP contribution in [0.15, 0.2) is 0 Å². The van der Waals surface area contributed by atoms with Crippen LogP contribution in [0.4, 0.5) is 13.2 Å². The highest BCUT2D eigenvalue weighted by molar-refractivity contribution is 7.78. The van der Waals surface area contributed by atoms with Gasteiger partial charge in [0.25, 0.3) is 0 Å². The van der Waals surface area contributed by atoms with Crippen LogP contribution in [-0.2, 0) is 6.18 Å². The Labute approximate surface area is 88.6 Å². The summed E-state index contributed by atoms with van der Waals surface area (Å²) in [6.07, 6.45) is -2.80. The summed E-state index contributed by atoms with van der Waals surface area (Å²) in [5.74, 6) is 0.0867. The summed E-state index contributed by atoms with van der Waals surface area (Å²) < 4.78 is 37.9. The van der Waals surface area contributed by atoms with E-state index in [1.165, 1.54) is 0 Å². The van der Waals surface area contributed by atoms with Crippen LogP contribution in [0.5, 0.6) is 0 Å². The number of hydrogen-bond donors (Lipinski definition) is 1. The molecule has 1 aromatic rings. The Morgan fingerprint density at radius 1 is 1.43 bits per heavy atom. The summed E-state index contributed by atoms with van der Waals surface area (Å²) in [5, 5.41) is 2.96. The number of nitrogens with zero attached hydrogens (tertiary/aromatic N) is 2. The monoisotopic (exact) mass is 242 g/mol. The minimum absolute atomic E-state index is 0.0867. The standard InChI is InChI=1S/C7H6ClF3N2S/c8-4-5(3-1-2-3)13(14)12-6(4)7(9,10)11/h3,14H,1-2H2. The molecule has 1 saturated carbocycles. The fourth-order valence-electron chi connectivity index (χ4n) is 1.28. The molecule has 1 fully saturated rings. The first-order chi connectivity index (χ1) is 6.41. The highest BCUT2D eigenvalue weighted by Crippen LogP contribution is 2.46. The highest BCUT2D eigenvalue weighted by atomic mass is 35.5. The van der Waals surface area contributed by atoms with Crippen molar-refractivity contribution in [2.24, 2.45) is 0 Å². The molecule has 0 saturated heterocycles. The molecule has 0 spiro atoms. The van der Waals surface area contributed by atoms with E-state index in [4.69, 9.17) is 11.6 Å². The Kier molecular flexibility index (Phi) is 2.23. The fourth-order valence-corrected chi connectivity index (χ4v) is 2.07. The van der Waals surface area contributed by atoms with Gasteiger partial charge in [0, 0.05) is 5.92 Å². The number of thiol groups is 1. The van der Waals surface area contributed by atoms with Gasteiger partial charge in [0.1, 0.15) is 0 Å². The summed E-state index contributed by atoms with van der Waals surface area (Å²) in [6.45, 7) is 0. The zero-order chi connectivity index (χ0) is 10.5. The number of rotatable bonds is 1. The summed E-state index contributed by atoms with van der Waals surface area (Å²) in [5.41, 5.74) is -0.668. The fraction of sp³-hybridized carbons (Fsp3) is 0.571. The van der Waals surface area contributed by atoms with Crippen molar-refractivity contribution in [3.05, 3.63) is 16.4 Å². The van der Waals surface area contributed by atoms with Gasteiger partial charge in [-0.1, -0.05) is 11.6 Å². The molecular formula is C7H6ClF3N2S. The molecule has 2 nitrogen and oxygen atoms in total. The minimum Gasteiger partial charge on any atom is -0.212 e. The van der Waals surface area contributed by atoms with E-state index in [9.17, 15) is 13.2 Å². The molecule has 0 aromatic carbocycles. The van der Waals surface area contributed by atoms with E-state index in [1.807, 2.05) is 0 Å². The van der Waals surface area contributed by atoms with Crippen LogP contribution in [0.2, 0.25) is 5.02 Å². The third-order valence-corrected chi connectivity index (χ3v) is 2.75. The molecule has 14 heavy (non-hydrogen) atoms. The normalized spacial score (nSPS) is 17.5. The Morgan fingerprint density at radius 3 is 2.36 bits per heavy atom. The van der Waals surface area contributed by atoms with Crippen molar-refractivity contribution in [1.29, 1.82) is 0 Å². The molecule has 7 heteroatoms. The molecule has 0 N–H and O–H groups in total. The molecule has 0 unspecified atom stereocenters. The third-order valence-electron chi connectivity index (χ3n) is 2.08. The smallest absolute Gasteiger partial charge is 0.212 e. The Bertz CT molecular complexity index is 370. The van der Waals surface area contributed by atoms with E-state index in [-0.39, 0.29) is 10.9 Å². The van der Waals surface area contributed by atoms with E-state index in [1.54, 1.807) is 0 Å². The number of hydrogen-bond acceptors (Lipinski definition) is 2. The summed E-state index contributed by atoms with van der Waals surface area (Å²) >= 11 is 9.42. The lowest BCUT2D eigenvalue weighted by molar-refractivity contribution is -0.141. The first-order valence-corrected chi connectivity index (χ1v) is 4.74. The van der Waals surface area contributed by atoms with Gasteiger partial charge in [0.2, 0.25) is 0 Å². The zero-order valence-electron chi connectivity index (χ0n) is 6.85. The number of alkyl halides is 3. The maximum Gasteiger partial charge on any atom is 0.436 e. The molecule has 0 atom stereocenters. The van der Waals surface area contributed by atoms with Gasteiger partial charge in [0.15, 0.2) is 5.69 Å². The van der Waals surface area contributed by atoms with Crippen LogP contribution < -0.4 is 0 Å². The van der Waals surface area contributed by atoms with Crippen LogP contribution >= 0.6 is 24.4 Å². The van der Waals surface area contributed by atoms with Gasteiger partial charge >= 0.3 is 6.18 Å². The second kappa shape index (κ2) is 3.06. The van der Waals surface area contributed by atoms with Crippen molar-refractivity contribution in [2.45, 2.75) is 24.9 Å². The maximum atomic E-state index is 12.3. The van der Waals surface area contributed by atoms with Gasteiger partial charge in [-0.25, -0.2) is 4.09 Å².